The molecule has 1 rings (SSSR count). The summed E-state index contributed by atoms with van der Waals surface area (Å²) in [6, 6.07) is 0. The zero-order valence-electron chi connectivity index (χ0n) is 12.9. The predicted molar refractivity (Wildman–Crippen MR) is 83.9 cm³/mol. The molecule has 0 aliphatic rings. The summed E-state index contributed by atoms with van der Waals surface area (Å²) in [5.41, 5.74) is 0.974. The molecule has 1 aromatic rings. The summed E-state index contributed by atoms with van der Waals surface area (Å²) in [5.74, 6) is 1.42. The van der Waals surface area contributed by atoms with Gasteiger partial charge in [-0.3, -0.25) is 0 Å². The number of anilines is 1. The van der Waals surface area contributed by atoms with E-state index in [1.54, 1.807) is 11.3 Å². The van der Waals surface area contributed by atoms with Crippen LogP contribution < -0.4 is 4.90 Å². The lowest BCUT2D eigenvalue weighted by molar-refractivity contribution is 0.284. The maximum absolute atomic E-state index is 9.30. The Kier molecular flexibility index (Phi) is 6.80. The molecule has 0 radical (unpaired) electrons. The van der Waals surface area contributed by atoms with Gasteiger partial charge in [-0.25, -0.2) is 4.98 Å². The normalized spacial score (nSPS) is 11.6. The average Bonchev–Trinajstić information content (AvgIpc) is 2.69. The molecular formula is C15H28N2OS. The molecule has 4 heteroatoms. The van der Waals surface area contributed by atoms with Crippen LogP contribution in [0.4, 0.5) is 5.13 Å². The van der Waals surface area contributed by atoms with Crippen LogP contribution in [0.3, 0.4) is 0 Å². The Morgan fingerprint density at radius 2 is 1.63 bits per heavy atom. The first-order valence-electron chi connectivity index (χ1n) is 7.26. The Morgan fingerprint density at radius 1 is 1.11 bits per heavy atom. The highest BCUT2D eigenvalue weighted by atomic mass is 32.1. The minimum atomic E-state index is 0.103. The summed E-state index contributed by atoms with van der Waals surface area (Å²) in [4.78, 5) is 8.00. The molecule has 19 heavy (non-hydrogen) atoms. The first-order chi connectivity index (χ1) is 8.93. The highest BCUT2D eigenvalue weighted by molar-refractivity contribution is 7.15. The second-order valence-corrected chi connectivity index (χ2v) is 7.08. The van der Waals surface area contributed by atoms with Crippen LogP contribution in [0.25, 0.3) is 0 Å². The van der Waals surface area contributed by atoms with Gasteiger partial charge in [0.2, 0.25) is 0 Å². The van der Waals surface area contributed by atoms with Crippen molar-refractivity contribution in [1.82, 2.24) is 4.98 Å². The van der Waals surface area contributed by atoms with Gasteiger partial charge in [0.15, 0.2) is 5.13 Å². The van der Waals surface area contributed by atoms with Gasteiger partial charge in [-0.2, -0.15) is 0 Å². The number of aliphatic hydroxyl groups is 1. The van der Waals surface area contributed by atoms with Crippen molar-refractivity contribution in [3.8, 4) is 0 Å². The molecule has 0 aromatic carbocycles. The Hall–Kier alpha value is -0.610. The number of aryl methyl sites for hydroxylation is 1. The predicted octanol–water partition coefficient (Wildman–Crippen LogP) is 3.84. The SMILES string of the molecule is Cc1nc(N(CCC(C)C)CCC(C)C)sc1CO. The number of aromatic nitrogens is 1. The highest BCUT2D eigenvalue weighted by Crippen LogP contribution is 2.27. The number of hydrogen-bond donors (Lipinski definition) is 1. The number of nitrogens with zero attached hydrogens (tertiary/aromatic N) is 2. The van der Waals surface area contributed by atoms with Crippen LogP contribution in [0.5, 0.6) is 0 Å². The van der Waals surface area contributed by atoms with E-state index in [0.717, 1.165) is 28.8 Å². The van der Waals surface area contributed by atoms with E-state index < -0.39 is 0 Å². The Bertz CT molecular complexity index is 362. The van der Waals surface area contributed by atoms with Gasteiger partial charge >= 0.3 is 0 Å². The average molecular weight is 284 g/mol. The summed E-state index contributed by atoms with van der Waals surface area (Å²) >= 11 is 1.64. The number of aliphatic hydroxyl groups excluding tert-OH is 1. The molecule has 0 saturated carbocycles. The third-order valence-corrected chi connectivity index (χ3v) is 4.45. The molecule has 110 valence electrons. The van der Waals surface area contributed by atoms with Crippen LogP contribution in [0.2, 0.25) is 0 Å². The lowest BCUT2D eigenvalue weighted by Gasteiger charge is -2.23. The molecule has 1 N–H and O–H groups in total. The van der Waals surface area contributed by atoms with Gasteiger partial charge < -0.3 is 10.0 Å². The Labute approximate surface area is 121 Å². The Balaban J connectivity index is 2.74. The van der Waals surface area contributed by atoms with E-state index >= 15 is 0 Å². The van der Waals surface area contributed by atoms with Crippen LogP contribution >= 0.6 is 11.3 Å². The maximum Gasteiger partial charge on any atom is 0.185 e. The van der Waals surface area contributed by atoms with Gasteiger partial charge in [0, 0.05) is 13.1 Å². The zero-order chi connectivity index (χ0) is 14.4. The Morgan fingerprint density at radius 3 is 2.00 bits per heavy atom. The van der Waals surface area contributed by atoms with Crippen molar-refractivity contribution in [1.29, 1.82) is 0 Å². The number of thiazole rings is 1. The lowest BCUT2D eigenvalue weighted by atomic mass is 10.1. The molecule has 0 aliphatic heterocycles. The quantitative estimate of drug-likeness (QED) is 0.788. The summed E-state index contributed by atoms with van der Waals surface area (Å²) < 4.78 is 0. The van der Waals surface area contributed by atoms with Crippen molar-refractivity contribution in [2.75, 3.05) is 18.0 Å². The van der Waals surface area contributed by atoms with Gasteiger partial charge in [0.1, 0.15) is 0 Å². The van der Waals surface area contributed by atoms with Gasteiger partial charge in [-0.05, 0) is 31.6 Å². The van der Waals surface area contributed by atoms with Crippen LogP contribution in [0, 0.1) is 18.8 Å². The highest BCUT2D eigenvalue weighted by Gasteiger charge is 2.14. The number of hydrogen-bond acceptors (Lipinski definition) is 4. The van der Waals surface area contributed by atoms with Crippen LogP contribution in [-0.2, 0) is 6.61 Å². The molecule has 0 aliphatic carbocycles. The summed E-state index contributed by atoms with van der Waals surface area (Å²) in [5, 5.41) is 10.4. The zero-order valence-corrected chi connectivity index (χ0v) is 13.8. The lowest BCUT2D eigenvalue weighted by Crippen LogP contribution is -2.27. The molecular weight excluding hydrogens is 256 g/mol. The number of rotatable bonds is 8. The first kappa shape index (κ1) is 16.4. The fourth-order valence-corrected chi connectivity index (χ4v) is 2.80. The minimum Gasteiger partial charge on any atom is -0.391 e. The van der Waals surface area contributed by atoms with E-state index in [9.17, 15) is 5.11 Å². The summed E-state index contributed by atoms with van der Waals surface area (Å²) in [6.45, 7) is 13.2. The maximum atomic E-state index is 9.30. The third kappa shape index (κ3) is 5.49. The van der Waals surface area contributed by atoms with Crippen molar-refractivity contribution in [3.05, 3.63) is 10.6 Å². The van der Waals surface area contributed by atoms with E-state index in [-0.39, 0.29) is 6.61 Å². The smallest absolute Gasteiger partial charge is 0.185 e. The van der Waals surface area contributed by atoms with Crippen molar-refractivity contribution < 1.29 is 5.11 Å². The van der Waals surface area contributed by atoms with E-state index in [1.165, 1.54) is 12.8 Å². The standard InChI is InChI=1S/C15H28N2OS/c1-11(2)6-8-17(9-7-12(3)4)15-16-13(5)14(10-18)19-15/h11-12,18H,6-10H2,1-5H3. The monoisotopic (exact) mass is 284 g/mol. The fraction of sp³-hybridized carbons (Fsp3) is 0.800. The van der Waals surface area contributed by atoms with Crippen molar-refractivity contribution in [3.63, 3.8) is 0 Å². The van der Waals surface area contributed by atoms with Crippen molar-refractivity contribution in [2.24, 2.45) is 11.8 Å². The van der Waals surface area contributed by atoms with Gasteiger partial charge in [0.05, 0.1) is 17.2 Å². The van der Waals surface area contributed by atoms with E-state index in [0.29, 0.717) is 11.8 Å². The second-order valence-electron chi connectivity index (χ2n) is 6.02. The van der Waals surface area contributed by atoms with Gasteiger partial charge in [-0.15, -0.1) is 0 Å². The molecule has 3 nitrogen and oxygen atoms in total. The second kappa shape index (κ2) is 7.85. The molecule has 1 aromatic heterocycles. The van der Waals surface area contributed by atoms with Crippen LogP contribution in [0.15, 0.2) is 0 Å². The molecule has 0 atom stereocenters. The topological polar surface area (TPSA) is 36.4 Å². The van der Waals surface area contributed by atoms with E-state index in [2.05, 4.69) is 37.6 Å². The fourth-order valence-electron chi connectivity index (χ4n) is 1.83. The van der Waals surface area contributed by atoms with Gasteiger partial charge in [-0.1, -0.05) is 39.0 Å². The molecule has 0 bridgehead atoms. The molecule has 0 fully saturated rings. The largest absolute Gasteiger partial charge is 0.391 e. The summed E-state index contributed by atoms with van der Waals surface area (Å²) in [7, 11) is 0. The molecule has 0 amide bonds. The van der Waals surface area contributed by atoms with Crippen molar-refractivity contribution >= 4 is 16.5 Å². The molecule has 1 heterocycles. The molecule has 0 spiro atoms. The van der Waals surface area contributed by atoms with Crippen molar-refractivity contribution in [2.45, 2.75) is 54.1 Å². The van der Waals surface area contributed by atoms with Crippen LogP contribution in [-0.4, -0.2) is 23.2 Å². The van der Waals surface area contributed by atoms with Gasteiger partial charge in [0.25, 0.3) is 0 Å². The molecule has 0 saturated heterocycles. The first-order valence-corrected chi connectivity index (χ1v) is 8.07. The van der Waals surface area contributed by atoms with E-state index in [1.807, 2.05) is 6.92 Å². The summed E-state index contributed by atoms with van der Waals surface area (Å²) in [6.07, 6.45) is 2.37. The third-order valence-electron chi connectivity index (χ3n) is 3.25. The van der Waals surface area contributed by atoms with Crippen LogP contribution in [0.1, 0.15) is 51.1 Å². The minimum absolute atomic E-state index is 0.103. The molecule has 0 unspecified atom stereocenters. The van der Waals surface area contributed by atoms with E-state index in [4.69, 9.17) is 0 Å².